The predicted molar refractivity (Wildman–Crippen MR) is 56.6 cm³/mol. The molecule has 0 fully saturated rings. The maximum absolute atomic E-state index is 11.5. The van der Waals surface area contributed by atoms with E-state index in [0.29, 0.717) is 13.0 Å². The van der Waals surface area contributed by atoms with Crippen molar-refractivity contribution in [1.29, 1.82) is 5.26 Å². The van der Waals surface area contributed by atoms with Crippen molar-refractivity contribution in [2.45, 2.75) is 18.2 Å². The zero-order valence-electron chi connectivity index (χ0n) is 8.40. The van der Waals surface area contributed by atoms with E-state index >= 15 is 0 Å². The Hall–Kier alpha value is -1.38. The molecule has 0 unspecified atom stereocenters. The van der Waals surface area contributed by atoms with Crippen molar-refractivity contribution in [3.05, 3.63) is 29.8 Å². The minimum Gasteiger partial charge on any atom is -0.211 e. The van der Waals surface area contributed by atoms with Crippen LogP contribution in [0, 0.1) is 11.3 Å². The highest BCUT2D eigenvalue weighted by Gasteiger charge is 2.11. The van der Waals surface area contributed by atoms with Gasteiger partial charge in [0.1, 0.15) is 0 Å². The number of hydrogen-bond acceptors (Lipinski definition) is 3. The van der Waals surface area contributed by atoms with Gasteiger partial charge in [-0.25, -0.2) is 13.1 Å². The van der Waals surface area contributed by atoms with Gasteiger partial charge in [-0.3, -0.25) is 0 Å². The van der Waals surface area contributed by atoms with E-state index in [2.05, 4.69) is 4.72 Å². The number of nitrogens with zero attached hydrogens (tertiary/aromatic N) is 1. The molecule has 0 amide bonds. The van der Waals surface area contributed by atoms with Gasteiger partial charge in [0.05, 0.1) is 17.4 Å². The van der Waals surface area contributed by atoms with E-state index in [-0.39, 0.29) is 4.90 Å². The van der Waals surface area contributed by atoms with Gasteiger partial charge >= 0.3 is 0 Å². The minimum atomic E-state index is -3.37. The first kappa shape index (κ1) is 11.7. The lowest BCUT2D eigenvalue weighted by atomic mass is 10.2. The summed E-state index contributed by atoms with van der Waals surface area (Å²) in [6.45, 7) is 2.09. The van der Waals surface area contributed by atoms with Crippen molar-refractivity contribution < 1.29 is 8.42 Å². The summed E-state index contributed by atoms with van der Waals surface area (Å²) in [5, 5.41) is 8.45. The monoisotopic (exact) mass is 224 g/mol. The van der Waals surface area contributed by atoms with Crippen LogP contribution < -0.4 is 4.72 Å². The summed E-state index contributed by atoms with van der Waals surface area (Å²) >= 11 is 0. The Kier molecular flexibility index (Phi) is 3.83. The number of nitriles is 1. The molecule has 1 aromatic rings. The van der Waals surface area contributed by atoms with Crippen LogP contribution in [0.5, 0.6) is 0 Å². The third kappa shape index (κ3) is 3.05. The van der Waals surface area contributed by atoms with Gasteiger partial charge in [-0.05, 0) is 17.7 Å². The highest BCUT2D eigenvalue weighted by molar-refractivity contribution is 7.89. The van der Waals surface area contributed by atoms with Crippen molar-refractivity contribution >= 4 is 10.0 Å². The number of rotatable bonds is 4. The summed E-state index contributed by atoms with van der Waals surface area (Å²) in [5.74, 6) is 0. The average Bonchev–Trinajstić information content (AvgIpc) is 2.19. The second-order valence-corrected chi connectivity index (χ2v) is 4.75. The van der Waals surface area contributed by atoms with E-state index in [1.54, 1.807) is 19.1 Å². The van der Waals surface area contributed by atoms with Crippen molar-refractivity contribution in [3.63, 3.8) is 0 Å². The first-order valence-electron chi connectivity index (χ1n) is 4.55. The molecule has 0 atom stereocenters. The predicted octanol–water partition coefficient (Wildman–Crippen LogP) is 1.05. The highest BCUT2D eigenvalue weighted by atomic mass is 32.2. The molecule has 1 aromatic carbocycles. The van der Waals surface area contributed by atoms with Gasteiger partial charge in [0, 0.05) is 6.54 Å². The fraction of sp³-hybridized carbons (Fsp3) is 0.300. The molecule has 0 saturated carbocycles. The lowest BCUT2D eigenvalue weighted by molar-refractivity contribution is 0.584. The zero-order valence-corrected chi connectivity index (χ0v) is 9.21. The van der Waals surface area contributed by atoms with Gasteiger partial charge in [-0.2, -0.15) is 5.26 Å². The largest absolute Gasteiger partial charge is 0.240 e. The second-order valence-electron chi connectivity index (χ2n) is 2.98. The normalized spacial score (nSPS) is 10.9. The summed E-state index contributed by atoms with van der Waals surface area (Å²) in [5.41, 5.74) is 0.813. The number of sulfonamides is 1. The Morgan fingerprint density at radius 1 is 1.33 bits per heavy atom. The Balaban J connectivity index is 2.95. The summed E-state index contributed by atoms with van der Waals surface area (Å²) < 4.78 is 25.4. The first-order valence-corrected chi connectivity index (χ1v) is 6.04. The SMILES string of the molecule is CCNS(=O)(=O)c1ccc(CC#N)cc1. The van der Waals surface area contributed by atoms with Gasteiger partial charge in [-0.15, -0.1) is 0 Å². The van der Waals surface area contributed by atoms with Gasteiger partial charge < -0.3 is 0 Å². The van der Waals surface area contributed by atoms with Crippen molar-refractivity contribution in [3.8, 4) is 6.07 Å². The third-order valence-electron chi connectivity index (χ3n) is 1.85. The molecule has 0 aromatic heterocycles. The molecule has 0 saturated heterocycles. The molecule has 0 spiro atoms. The van der Waals surface area contributed by atoms with Crippen molar-refractivity contribution in [2.24, 2.45) is 0 Å². The van der Waals surface area contributed by atoms with E-state index in [1.165, 1.54) is 12.1 Å². The summed E-state index contributed by atoms with van der Waals surface area (Å²) in [7, 11) is -3.37. The van der Waals surface area contributed by atoms with E-state index in [0.717, 1.165) is 5.56 Å². The Labute approximate surface area is 89.6 Å². The zero-order chi connectivity index (χ0) is 11.3. The number of hydrogen-bond donors (Lipinski definition) is 1. The third-order valence-corrected chi connectivity index (χ3v) is 3.41. The van der Waals surface area contributed by atoms with Crippen molar-refractivity contribution in [1.82, 2.24) is 4.72 Å². The molecule has 80 valence electrons. The average molecular weight is 224 g/mol. The van der Waals surface area contributed by atoms with E-state index in [9.17, 15) is 8.42 Å². The lowest BCUT2D eigenvalue weighted by Crippen LogP contribution is -2.23. The van der Waals surface area contributed by atoms with Crippen LogP contribution in [0.25, 0.3) is 0 Å². The van der Waals surface area contributed by atoms with Crippen LogP contribution >= 0.6 is 0 Å². The Bertz CT molecular complexity index is 457. The molecule has 0 aliphatic carbocycles. The van der Waals surface area contributed by atoms with Crippen LogP contribution in [-0.2, 0) is 16.4 Å². The molecular formula is C10H12N2O2S. The Morgan fingerprint density at radius 2 is 1.93 bits per heavy atom. The molecular weight excluding hydrogens is 212 g/mol. The topological polar surface area (TPSA) is 70.0 Å². The molecule has 0 aliphatic rings. The molecule has 15 heavy (non-hydrogen) atoms. The van der Waals surface area contributed by atoms with Gasteiger partial charge in [0.25, 0.3) is 0 Å². The molecule has 4 nitrogen and oxygen atoms in total. The van der Waals surface area contributed by atoms with Gasteiger partial charge in [0.15, 0.2) is 0 Å². The maximum atomic E-state index is 11.5. The summed E-state index contributed by atoms with van der Waals surface area (Å²) in [6, 6.07) is 8.30. The number of nitrogens with one attached hydrogen (secondary N) is 1. The lowest BCUT2D eigenvalue weighted by Gasteiger charge is -2.04. The fourth-order valence-corrected chi connectivity index (χ4v) is 2.19. The van der Waals surface area contributed by atoms with Crippen molar-refractivity contribution in [2.75, 3.05) is 6.54 Å². The Morgan fingerprint density at radius 3 is 2.40 bits per heavy atom. The van der Waals surface area contributed by atoms with E-state index in [1.807, 2.05) is 6.07 Å². The summed E-state index contributed by atoms with van der Waals surface area (Å²) in [4.78, 5) is 0.228. The van der Waals surface area contributed by atoms with Crippen LogP contribution in [-0.4, -0.2) is 15.0 Å². The fourth-order valence-electron chi connectivity index (χ4n) is 1.15. The van der Waals surface area contributed by atoms with E-state index < -0.39 is 10.0 Å². The van der Waals surface area contributed by atoms with Crippen LogP contribution in [0.3, 0.4) is 0 Å². The summed E-state index contributed by atoms with van der Waals surface area (Å²) in [6.07, 6.45) is 0.293. The minimum absolute atomic E-state index is 0.228. The molecule has 1 N–H and O–H groups in total. The van der Waals surface area contributed by atoms with Gasteiger partial charge in [0.2, 0.25) is 10.0 Å². The van der Waals surface area contributed by atoms with E-state index in [4.69, 9.17) is 5.26 Å². The maximum Gasteiger partial charge on any atom is 0.240 e. The quantitative estimate of drug-likeness (QED) is 0.831. The highest BCUT2D eigenvalue weighted by Crippen LogP contribution is 2.10. The second kappa shape index (κ2) is 4.91. The van der Waals surface area contributed by atoms with Crippen LogP contribution in [0.2, 0.25) is 0 Å². The smallest absolute Gasteiger partial charge is 0.211 e. The standard InChI is InChI=1S/C10H12N2O2S/c1-2-12-15(13,14)10-5-3-9(4-6-10)7-8-11/h3-6,12H,2,7H2,1H3. The molecule has 1 rings (SSSR count). The van der Waals surface area contributed by atoms with Crippen LogP contribution in [0.15, 0.2) is 29.2 Å². The first-order chi connectivity index (χ1) is 7.10. The molecule has 5 heteroatoms. The van der Waals surface area contributed by atoms with Crippen LogP contribution in [0.4, 0.5) is 0 Å². The molecule has 0 bridgehead atoms. The molecule has 0 heterocycles. The molecule has 0 aliphatic heterocycles. The number of benzene rings is 1. The van der Waals surface area contributed by atoms with Crippen LogP contribution in [0.1, 0.15) is 12.5 Å². The van der Waals surface area contributed by atoms with Gasteiger partial charge in [-0.1, -0.05) is 19.1 Å². The molecule has 0 radical (unpaired) electrons.